The number of rotatable bonds is 1. The van der Waals surface area contributed by atoms with Crippen LogP contribution in [0, 0.1) is 11.8 Å². The Morgan fingerprint density at radius 2 is 2.00 bits per heavy atom. The number of nitrogens with zero attached hydrogens (tertiary/aromatic N) is 2. The Hall–Kier alpha value is -1.29. The van der Waals surface area contributed by atoms with Crippen molar-refractivity contribution >= 4 is 32.4 Å². The molecule has 0 spiro atoms. The van der Waals surface area contributed by atoms with Gasteiger partial charge >= 0.3 is 0 Å². The lowest BCUT2D eigenvalue weighted by Gasteiger charge is -2.34. The third kappa shape index (κ3) is 2.17. The van der Waals surface area contributed by atoms with Crippen LogP contribution < -0.4 is 10.6 Å². The van der Waals surface area contributed by atoms with Crippen molar-refractivity contribution < 1.29 is 0 Å². The summed E-state index contributed by atoms with van der Waals surface area (Å²) in [6, 6.07) is 5.96. The molecule has 0 radical (unpaired) electrons. The summed E-state index contributed by atoms with van der Waals surface area (Å²) in [7, 11) is 0. The number of nitrogens with two attached hydrogens (primary N) is 1. The molecule has 1 aliphatic heterocycles. The van der Waals surface area contributed by atoms with E-state index in [1.165, 1.54) is 11.1 Å². The van der Waals surface area contributed by atoms with Gasteiger partial charge in [-0.05, 0) is 36.5 Å². The molecule has 2 heterocycles. The van der Waals surface area contributed by atoms with E-state index in [0.29, 0.717) is 0 Å². The van der Waals surface area contributed by atoms with Crippen LogP contribution in [0.25, 0.3) is 10.2 Å². The number of hydrogen-bond acceptors (Lipinski definition) is 4. The van der Waals surface area contributed by atoms with Gasteiger partial charge in [-0.25, -0.2) is 4.98 Å². The van der Waals surface area contributed by atoms with E-state index in [9.17, 15) is 0 Å². The average Bonchev–Trinajstić information content (AvgIpc) is 2.70. The minimum Gasteiger partial charge on any atom is -0.399 e. The minimum absolute atomic E-state index is 0.755. The standard InChI is InChI=1S/C14H19N3S/c1-9-5-10(2)8-17(7-9)14-16-12-4-3-11(15)6-13(12)18-14/h3-4,6,9-10H,5,7-8,15H2,1-2H3. The number of piperidine rings is 1. The lowest BCUT2D eigenvalue weighted by molar-refractivity contribution is 0.357. The van der Waals surface area contributed by atoms with Crippen molar-refractivity contribution in [1.29, 1.82) is 0 Å². The molecule has 2 unspecified atom stereocenters. The van der Waals surface area contributed by atoms with Gasteiger partial charge in [0.05, 0.1) is 10.2 Å². The molecular formula is C14H19N3S. The topological polar surface area (TPSA) is 42.2 Å². The Bertz CT molecular complexity index is 553. The number of anilines is 2. The molecule has 1 fully saturated rings. The Morgan fingerprint density at radius 1 is 1.28 bits per heavy atom. The monoisotopic (exact) mass is 261 g/mol. The summed E-state index contributed by atoms with van der Waals surface area (Å²) in [5, 5.41) is 1.15. The van der Waals surface area contributed by atoms with Gasteiger partial charge < -0.3 is 10.6 Å². The van der Waals surface area contributed by atoms with Crippen molar-refractivity contribution in [3.05, 3.63) is 18.2 Å². The highest BCUT2D eigenvalue weighted by molar-refractivity contribution is 7.22. The molecule has 1 aliphatic rings. The van der Waals surface area contributed by atoms with Crippen molar-refractivity contribution in [2.45, 2.75) is 20.3 Å². The van der Waals surface area contributed by atoms with Gasteiger partial charge in [-0.1, -0.05) is 25.2 Å². The number of thiazole rings is 1. The van der Waals surface area contributed by atoms with Gasteiger partial charge in [0.2, 0.25) is 0 Å². The van der Waals surface area contributed by atoms with Gasteiger partial charge in [0.15, 0.2) is 5.13 Å². The van der Waals surface area contributed by atoms with Crippen LogP contribution in [-0.2, 0) is 0 Å². The number of benzene rings is 1. The van der Waals surface area contributed by atoms with Gasteiger partial charge in [-0.15, -0.1) is 0 Å². The fourth-order valence-electron chi connectivity index (χ4n) is 2.88. The summed E-state index contributed by atoms with van der Waals surface area (Å²) in [6.45, 7) is 6.90. The number of aromatic nitrogens is 1. The molecule has 0 aliphatic carbocycles. The third-order valence-corrected chi connectivity index (χ3v) is 4.62. The zero-order valence-electron chi connectivity index (χ0n) is 10.9. The first-order chi connectivity index (χ1) is 8.61. The maximum Gasteiger partial charge on any atom is 0.186 e. The van der Waals surface area contributed by atoms with Crippen LogP contribution in [-0.4, -0.2) is 18.1 Å². The Balaban J connectivity index is 1.93. The van der Waals surface area contributed by atoms with E-state index in [4.69, 9.17) is 10.7 Å². The van der Waals surface area contributed by atoms with Crippen molar-refractivity contribution in [1.82, 2.24) is 4.98 Å². The summed E-state index contributed by atoms with van der Waals surface area (Å²) >= 11 is 1.76. The van der Waals surface area contributed by atoms with Gasteiger partial charge in [0, 0.05) is 18.8 Å². The van der Waals surface area contributed by atoms with Crippen LogP contribution in [0.5, 0.6) is 0 Å². The van der Waals surface area contributed by atoms with E-state index >= 15 is 0 Å². The molecule has 18 heavy (non-hydrogen) atoms. The quantitative estimate of drug-likeness (QED) is 0.800. The van der Waals surface area contributed by atoms with Gasteiger partial charge in [0.1, 0.15) is 0 Å². The van der Waals surface area contributed by atoms with Crippen molar-refractivity contribution in [3.63, 3.8) is 0 Å². The summed E-state index contributed by atoms with van der Waals surface area (Å²) < 4.78 is 1.19. The molecule has 96 valence electrons. The Morgan fingerprint density at radius 3 is 2.72 bits per heavy atom. The first kappa shape index (κ1) is 11.8. The smallest absolute Gasteiger partial charge is 0.186 e. The highest BCUT2D eigenvalue weighted by Crippen LogP contribution is 2.33. The molecule has 1 aromatic heterocycles. The zero-order chi connectivity index (χ0) is 12.7. The number of fused-ring (bicyclic) bond motifs is 1. The fraction of sp³-hybridized carbons (Fsp3) is 0.500. The number of hydrogen-bond donors (Lipinski definition) is 1. The van der Waals surface area contributed by atoms with Crippen molar-refractivity contribution in [2.24, 2.45) is 11.8 Å². The normalized spacial score (nSPS) is 24.7. The van der Waals surface area contributed by atoms with Crippen LogP contribution in [0.2, 0.25) is 0 Å². The summed E-state index contributed by atoms with van der Waals surface area (Å²) in [4.78, 5) is 7.17. The first-order valence-corrected chi connectivity index (χ1v) is 7.34. The van der Waals surface area contributed by atoms with Gasteiger partial charge in [0.25, 0.3) is 0 Å². The van der Waals surface area contributed by atoms with Gasteiger partial charge in [-0.2, -0.15) is 0 Å². The predicted molar refractivity (Wildman–Crippen MR) is 79.2 cm³/mol. The van der Waals surface area contributed by atoms with Crippen LogP contribution in [0.3, 0.4) is 0 Å². The molecule has 4 heteroatoms. The second-order valence-electron chi connectivity index (χ2n) is 5.57. The Kier molecular flexibility index (Phi) is 2.90. The molecule has 0 amide bonds. The SMILES string of the molecule is CC1CC(C)CN(c2nc3ccc(N)cc3s2)C1. The van der Waals surface area contributed by atoms with E-state index in [-0.39, 0.29) is 0 Å². The van der Waals surface area contributed by atoms with E-state index in [1.54, 1.807) is 11.3 Å². The molecule has 3 nitrogen and oxygen atoms in total. The van der Waals surface area contributed by atoms with Gasteiger partial charge in [-0.3, -0.25) is 0 Å². The largest absolute Gasteiger partial charge is 0.399 e. The second kappa shape index (κ2) is 4.43. The maximum absolute atomic E-state index is 5.82. The van der Waals surface area contributed by atoms with E-state index in [1.807, 2.05) is 18.2 Å². The van der Waals surface area contributed by atoms with E-state index in [2.05, 4.69) is 18.7 Å². The fourth-order valence-corrected chi connectivity index (χ4v) is 3.92. The third-order valence-electron chi connectivity index (χ3n) is 3.54. The summed E-state index contributed by atoms with van der Waals surface area (Å²) in [5.74, 6) is 1.51. The zero-order valence-corrected chi connectivity index (χ0v) is 11.7. The lowest BCUT2D eigenvalue weighted by atomic mass is 9.92. The average molecular weight is 261 g/mol. The van der Waals surface area contributed by atoms with Crippen molar-refractivity contribution in [2.75, 3.05) is 23.7 Å². The second-order valence-corrected chi connectivity index (χ2v) is 6.58. The molecule has 2 aromatic rings. The van der Waals surface area contributed by atoms with Crippen LogP contribution in [0.1, 0.15) is 20.3 Å². The van der Waals surface area contributed by atoms with E-state index < -0.39 is 0 Å². The molecule has 1 aromatic carbocycles. The molecule has 2 atom stereocenters. The first-order valence-electron chi connectivity index (χ1n) is 6.53. The van der Waals surface area contributed by atoms with E-state index in [0.717, 1.165) is 41.3 Å². The lowest BCUT2D eigenvalue weighted by Crippen LogP contribution is -2.38. The summed E-state index contributed by atoms with van der Waals surface area (Å²) in [5.41, 5.74) is 7.70. The number of nitrogen functional groups attached to an aromatic ring is 1. The molecule has 0 bridgehead atoms. The Labute approximate surface area is 112 Å². The summed E-state index contributed by atoms with van der Waals surface area (Å²) in [6.07, 6.45) is 1.33. The molecule has 3 rings (SSSR count). The molecule has 0 saturated carbocycles. The molecule has 2 N–H and O–H groups in total. The highest BCUT2D eigenvalue weighted by atomic mass is 32.1. The predicted octanol–water partition coefficient (Wildman–Crippen LogP) is 3.36. The van der Waals surface area contributed by atoms with Crippen LogP contribution in [0.4, 0.5) is 10.8 Å². The van der Waals surface area contributed by atoms with Crippen LogP contribution in [0.15, 0.2) is 18.2 Å². The maximum atomic E-state index is 5.82. The van der Waals surface area contributed by atoms with Crippen molar-refractivity contribution in [3.8, 4) is 0 Å². The molecule has 1 saturated heterocycles. The van der Waals surface area contributed by atoms with Crippen LogP contribution >= 0.6 is 11.3 Å². The highest BCUT2D eigenvalue weighted by Gasteiger charge is 2.23. The molecular weight excluding hydrogens is 242 g/mol. The minimum atomic E-state index is 0.755.